The molecule has 0 spiro atoms. The number of benzene rings is 3. The second-order valence-electron chi connectivity index (χ2n) is 4.30. The first-order valence-corrected chi connectivity index (χ1v) is 6.59. The zero-order valence-electron chi connectivity index (χ0n) is 11.8. The molecule has 2 heteroatoms. The van der Waals surface area contributed by atoms with E-state index in [2.05, 4.69) is 23.5 Å². The average Bonchev–Trinajstić information content (AvgIpc) is 2.55. The molecule has 0 fully saturated rings. The molecule has 0 saturated heterocycles. The van der Waals surface area contributed by atoms with Crippen molar-refractivity contribution in [2.45, 2.75) is 0 Å². The van der Waals surface area contributed by atoms with Gasteiger partial charge in [0.25, 0.3) is 0 Å². The van der Waals surface area contributed by atoms with Gasteiger partial charge in [-0.05, 0) is 23.6 Å². The van der Waals surface area contributed by atoms with Crippen LogP contribution in [0.3, 0.4) is 0 Å². The molecule has 102 valence electrons. The highest BCUT2D eigenvalue weighted by Crippen LogP contribution is 2.24. The minimum Gasteiger partial charge on any atom is -0.496 e. The summed E-state index contributed by atoms with van der Waals surface area (Å²) in [6.07, 6.45) is 0. The second kappa shape index (κ2) is 7.19. The zero-order chi connectivity index (χ0) is 14.2. The molecule has 0 atom stereocenters. The summed E-state index contributed by atoms with van der Waals surface area (Å²) in [7, 11) is 3.61. The van der Waals surface area contributed by atoms with E-state index in [0.29, 0.717) is 0 Å². The Morgan fingerprint density at radius 3 is 2.05 bits per heavy atom. The van der Waals surface area contributed by atoms with E-state index in [9.17, 15) is 0 Å². The first kappa shape index (κ1) is 13.9. The van der Waals surface area contributed by atoms with Gasteiger partial charge in [0.1, 0.15) is 5.75 Å². The third kappa shape index (κ3) is 3.51. The summed E-state index contributed by atoms with van der Waals surface area (Å²) < 4.78 is 5.23. The molecule has 0 aliphatic rings. The molecule has 2 nitrogen and oxygen atoms in total. The van der Waals surface area contributed by atoms with Crippen LogP contribution in [0.15, 0.2) is 72.8 Å². The van der Waals surface area contributed by atoms with Gasteiger partial charge in [0.2, 0.25) is 0 Å². The molecule has 0 aromatic heterocycles. The average molecular weight is 265 g/mol. The van der Waals surface area contributed by atoms with Crippen LogP contribution in [0.5, 0.6) is 5.75 Å². The fraction of sp³-hybridized carbons (Fsp3) is 0.111. The van der Waals surface area contributed by atoms with E-state index in [4.69, 9.17) is 4.74 Å². The molecule has 0 aliphatic heterocycles. The third-order valence-corrected chi connectivity index (χ3v) is 3.03. The predicted molar refractivity (Wildman–Crippen MR) is 86.5 cm³/mol. The van der Waals surface area contributed by atoms with Gasteiger partial charge in [-0.3, -0.25) is 0 Å². The van der Waals surface area contributed by atoms with Gasteiger partial charge in [-0.2, -0.15) is 0 Å². The van der Waals surface area contributed by atoms with Crippen LogP contribution < -0.4 is 10.1 Å². The van der Waals surface area contributed by atoms with Crippen molar-refractivity contribution < 1.29 is 4.74 Å². The largest absolute Gasteiger partial charge is 0.496 e. The molecule has 0 aliphatic carbocycles. The second-order valence-corrected chi connectivity index (χ2v) is 4.30. The van der Waals surface area contributed by atoms with Gasteiger partial charge < -0.3 is 10.1 Å². The first-order valence-electron chi connectivity index (χ1n) is 6.59. The summed E-state index contributed by atoms with van der Waals surface area (Å²) in [6.45, 7) is 0. The van der Waals surface area contributed by atoms with Crippen molar-refractivity contribution in [3.05, 3.63) is 72.8 Å². The third-order valence-electron chi connectivity index (χ3n) is 3.03. The highest BCUT2D eigenvalue weighted by Gasteiger charge is 1.97. The zero-order valence-corrected chi connectivity index (χ0v) is 11.8. The Morgan fingerprint density at radius 1 is 0.750 bits per heavy atom. The number of methoxy groups -OCH3 is 1. The standard InChI is InChI=1S/C11H10O.C7H9N/c1-12-11-8-4-6-9-5-2-3-7-10(9)11;1-8-7-5-3-2-4-6-7/h2-8H,1H3;2-6,8H,1H3. The summed E-state index contributed by atoms with van der Waals surface area (Å²) in [6, 6.07) is 24.3. The van der Waals surface area contributed by atoms with Crippen molar-refractivity contribution in [1.82, 2.24) is 0 Å². The van der Waals surface area contributed by atoms with Crippen LogP contribution in [0.4, 0.5) is 5.69 Å². The molecule has 3 aromatic carbocycles. The van der Waals surface area contributed by atoms with Gasteiger partial charge in [-0.25, -0.2) is 0 Å². The summed E-state index contributed by atoms with van der Waals surface area (Å²) in [5.41, 5.74) is 1.16. The van der Waals surface area contributed by atoms with E-state index in [1.165, 1.54) is 10.8 Å². The monoisotopic (exact) mass is 265 g/mol. The number of hydrogen-bond donors (Lipinski definition) is 1. The molecule has 0 saturated carbocycles. The lowest BCUT2D eigenvalue weighted by Crippen LogP contribution is -1.84. The van der Waals surface area contributed by atoms with E-state index in [1.807, 2.05) is 61.6 Å². The molecule has 0 unspecified atom stereocenters. The van der Waals surface area contributed by atoms with Crippen LogP contribution in [-0.2, 0) is 0 Å². The van der Waals surface area contributed by atoms with Crippen LogP contribution in [-0.4, -0.2) is 14.2 Å². The minimum atomic E-state index is 0.938. The van der Waals surface area contributed by atoms with Crippen LogP contribution in [0.2, 0.25) is 0 Å². The van der Waals surface area contributed by atoms with Crippen molar-refractivity contribution in [2.24, 2.45) is 0 Å². The van der Waals surface area contributed by atoms with Gasteiger partial charge in [0.05, 0.1) is 7.11 Å². The summed E-state index contributed by atoms with van der Waals surface area (Å²) in [5.74, 6) is 0.938. The maximum absolute atomic E-state index is 5.23. The van der Waals surface area contributed by atoms with E-state index in [-0.39, 0.29) is 0 Å². The van der Waals surface area contributed by atoms with Gasteiger partial charge in [0, 0.05) is 18.1 Å². The van der Waals surface area contributed by atoms with E-state index in [1.54, 1.807) is 7.11 Å². The Hall–Kier alpha value is -2.48. The quantitative estimate of drug-likeness (QED) is 0.732. The lowest BCUT2D eigenvalue weighted by atomic mass is 10.1. The molecule has 3 aromatic rings. The Balaban J connectivity index is 0.000000160. The molecule has 3 rings (SSSR count). The van der Waals surface area contributed by atoms with Crippen molar-refractivity contribution >= 4 is 16.5 Å². The topological polar surface area (TPSA) is 21.3 Å². The molecule has 20 heavy (non-hydrogen) atoms. The SMILES string of the molecule is CNc1ccccc1.COc1cccc2ccccc12. The van der Waals surface area contributed by atoms with Gasteiger partial charge in [-0.15, -0.1) is 0 Å². The Kier molecular flexibility index (Phi) is 5.01. The normalized spacial score (nSPS) is 9.50. The fourth-order valence-electron chi connectivity index (χ4n) is 1.98. The Labute approximate surface area is 120 Å². The summed E-state index contributed by atoms with van der Waals surface area (Å²) >= 11 is 0. The number of anilines is 1. The Morgan fingerprint density at radius 2 is 1.40 bits per heavy atom. The lowest BCUT2D eigenvalue weighted by Gasteiger charge is -2.03. The molecular weight excluding hydrogens is 246 g/mol. The van der Waals surface area contributed by atoms with E-state index < -0.39 is 0 Å². The van der Waals surface area contributed by atoms with Crippen LogP contribution in [0.1, 0.15) is 0 Å². The number of rotatable bonds is 2. The molecule has 0 radical (unpaired) electrons. The van der Waals surface area contributed by atoms with Crippen molar-refractivity contribution in [2.75, 3.05) is 19.5 Å². The molecule has 0 heterocycles. The number of para-hydroxylation sites is 1. The van der Waals surface area contributed by atoms with Crippen LogP contribution >= 0.6 is 0 Å². The van der Waals surface area contributed by atoms with E-state index in [0.717, 1.165) is 11.4 Å². The van der Waals surface area contributed by atoms with Gasteiger partial charge in [0.15, 0.2) is 0 Å². The van der Waals surface area contributed by atoms with Crippen LogP contribution in [0.25, 0.3) is 10.8 Å². The summed E-state index contributed by atoms with van der Waals surface area (Å²) in [5, 5.41) is 5.42. The maximum atomic E-state index is 5.23. The molecule has 0 amide bonds. The summed E-state index contributed by atoms with van der Waals surface area (Å²) in [4.78, 5) is 0. The fourth-order valence-corrected chi connectivity index (χ4v) is 1.98. The highest BCUT2D eigenvalue weighted by molar-refractivity contribution is 5.88. The lowest BCUT2D eigenvalue weighted by molar-refractivity contribution is 0.420. The molecular formula is C18H19NO. The van der Waals surface area contributed by atoms with Crippen molar-refractivity contribution in [3.63, 3.8) is 0 Å². The van der Waals surface area contributed by atoms with E-state index >= 15 is 0 Å². The van der Waals surface area contributed by atoms with Gasteiger partial charge >= 0.3 is 0 Å². The van der Waals surface area contributed by atoms with Crippen molar-refractivity contribution in [3.8, 4) is 5.75 Å². The number of nitrogens with one attached hydrogen (secondary N) is 1. The highest BCUT2D eigenvalue weighted by atomic mass is 16.5. The minimum absolute atomic E-state index is 0.938. The van der Waals surface area contributed by atoms with Crippen molar-refractivity contribution in [1.29, 1.82) is 0 Å². The Bertz CT molecular complexity index is 644. The number of ether oxygens (including phenoxy) is 1. The number of hydrogen-bond acceptors (Lipinski definition) is 2. The first-order chi connectivity index (χ1) is 9.85. The molecule has 1 N–H and O–H groups in total. The molecule has 0 bridgehead atoms. The van der Waals surface area contributed by atoms with Crippen LogP contribution in [0, 0.1) is 0 Å². The van der Waals surface area contributed by atoms with Gasteiger partial charge in [-0.1, -0.05) is 54.6 Å². The smallest absolute Gasteiger partial charge is 0.126 e. The maximum Gasteiger partial charge on any atom is 0.126 e. The predicted octanol–water partition coefficient (Wildman–Crippen LogP) is 4.58. The number of fused-ring (bicyclic) bond motifs is 1.